The second-order valence-electron chi connectivity index (χ2n) is 8.32. The first-order chi connectivity index (χ1) is 15.5. The summed E-state index contributed by atoms with van der Waals surface area (Å²) in [7, 11) is 0. The minimum absolute atomic E-state index is 0.0964. The van der Waals surface area contributed by atoms with E-state index in [4.69, 9.17) is 27.9 Å². The van der Waals surface area contributed by atoms with Crippen molar-refractivity contribution in [3.63, 3.8) is 0 Å². The molecule has 1 saturated carbocycles. The third-order valence-corrected chi connectivity index (χ3v) is 6.94. The highest BCUT2D eigenvalue weighted by Gasteiger charge is 2.50. The molecule has 2 fully saturated rings. The molecule has 3 unspecified atom stereocenters. The Kier molecular flexibility index (Phi) is 5.66. The van der Waals surface area contributed by atoms with Crippen molar-refractivity contribution in [2.75, 3.05) is 4.90 Å². The molecule has 3 aromatic rings. The molecule has 0 bridgehead atoms. The summed E-state index contributed by atoms with van der Waals surface area (Å²) in [6.07, 6.45) is 2.38. The highest BCUT2D eigenvalue weighted by Crippen LogP contribution is 2.45. The number of hydrogen-bond donors (Lipinski definition) is 0. The second-order valence-corrected chi connectivity index (χ2v) is 9.16. The molecule has 3 atom stereocenters. The van der Waals surface area contributed by atoms with Crippen molar-refractivity contribution >= 4 is 40.7 Å². The largest absolute Gasteiger partial charge is 0.456 e. The molecule has 0 N–H and O–H groups in total. The molecule has 1 heterocycles. The van der Waals surface area contributed by atoms with Crippen molar-refractivity contribution in [2.45, 2.75) is 25.2 Å². The predicted molar refractivity (Wildman–Crippen MR) is 125 cm³/mol. The molecular formula is C26H21Cl2NO3. The van der Waals surface area contributed by atoms with Crippen LogP contribution in [0.25, 0.3) is 0 Å². The van der Waals surface area contributed by atoms with Crippen LogP contribution >= 0.6 is 23.2 Å². The Labute approximate surface area is 196 Å². The maximum Gasteiger partial charge on any atom is 0.237 e. The fraction of sp³-hybridized carbons (Fsp3) is 0.231. The lowest BCUT2D eigenvalue weighted by Crippen LogP contribution is -2.30. The lowest BCUT2D eigenvalue weighted by Gasteiger charge is -2.28. The number of imide groups is 1. The number of anilines is 1. The number of benzene rings is 3. The number of amides is 2. The first-order valence-electron chi connectivity index (χ1n) is 10.7. The molecule has 5 rings (SSSR count). The van der Waals surface area contributed by atoms with Crippen molar-refractivity contribution in [1.82, 2.24) is 0 Å². The zero-order valence-corrected chi connectivity index (χ0v) is 18.7. The Bertz CT molecular complexity index is 1160. The molecule has 0 radical (unpaired) electrons. The molecular weight excluding hydrogens is 445 g/mol. The second kappa shape index (κ2) is 8.61. The van der Waals surface area contributed by atoms with E-state index in [1.807, 2.05) is 18.2 Å². The third-order valence-electron chi connectivity index (χ3n) is 6.41. The maximum atomic E-state index is 13.2. The first-order valence-corrected chi connectivity index (χ1v) is 11.4. The van der Waals surface area contributed by atoms with Gasteiger partial charge in [-0.3, -0.25) is 14.5 Å². The molecule has 32 heavy (non-hydrogen) atoms. The zero-order valence-electron chi connectivity index (χ0n) is 17.2. The summed E-state index contributed by atoms with van der Waals surface area (Å²) in [4.78, 5) is 27.7. The van der Waals surface area contributed by atoms with Gasteiger partial charge in [0, 0.05) is 5.02 Å². The Balaban J connectivity index is 1.33. The van der Waals surface area contributed by atoms with Gasteiger partial charge in [0.1, 0.15) is 11.5 Å². The van der Waals surface area contributed by atoms with Gasteiger partial charge in [-0.2, -0.15) is 0 Å². The standard InChI is InChI=1S/C26H21Cl2NO3/c27-18-7-13-24(23(28)15-18)32-20-10-8-19(9-11-20)29-25(30)21-12-6-17(14-22(21)26(29)31)16-4-2-1-3-5-16/h1-5,7-11,13,15,17,21-22H,6,12,14H2. The van der Waals surface area contributed by atoms with Gasteiger partial charge in [0.15, 0.2) is 0 Å². The summed E-state index contributed by atoms with van der Waals surface area (Å²) in [6.45, 7) is 0. The SMILES string of the molecule is O=C1C2CCC(c3ccccc3)CC2C(=O)N1c1ccc(Oc2ccc(Cl)cc2Cl)cc1. The van der Waals surface area contributed by atoms with Gasteiger partial charge in [-0.05, 0) is 73.2 Å². The topological polar surface area (TPSA) is 46.6 Å². The monoisotopic (exact) mass is 465 g/mol. The van der Waals surface area contributed by atoms with Gasteiger partial charge in [-0.1, -0.05) is 53.5 Å². The normalized spacial score (nSPS) is 22.7. The summed E-state index contributed by atoms with van der Waals surface area (Å²) in [5.74, 6) is 0.662. The number of hydrogen-bond acceptors (Lipinski definition) is 3. The van der Waals surface area contributed by atoms with Crippen LogP contribution < -0.4 is 9.64 Å². The molecule has 3 aromatic carbocycles. The van der Waals surface area contributed by atoms with Crippen molar-refractivity contribution in [1.29, 1.82) is 0 Å². The molecule has 2 aliphatic rings. The Morgan fingerprint density at radius 3 is 2.25 bits per heavy atom. The average Bonchev–Trinajstić information content (AvgIpc) is 3.06. The fourth-order valence-electron chi connectivity index (χ4n) is 4.81. The first kappa shape index (κ1) is 21.0. The van der Waals surface area contributed by atoms with Crippen LogP contribution in [0.4, 0.5) is 5.69 Å². The molecule has 1 aliphatic heterocycles. The third kappa shape index (κ3) is 3.89. The Morgan fingerprint density at radius 2 is 1.53 bits per heavy atom. The van der Waals surface area contributed by atoms with E-state index < -0.39 is 0 Å². The van der Waals surface area contributed by atoms with Crippen LogP contribution in [0.5, 0.6) is 11.5 Å². The Hall–Kier alpha value is -2.82. The Morgan fingerprint density at radius 1 is 0.812 bits per heavy atom. The van der Waals surface area contributed by atoms with Crippen LogP contribution in [-0.2, 0) is 9.59 Å². The maximum absolute atomic E-state index is 13.2. The van der Waals surface area contributed by atoms with Gasteiger partial charge in [0.25, 0.3) is 0 Å². The number of ether oxygens (including phenoxy) is 1. The van der Waals surface area contributed by atoms with E-state index in [1.165, 1.54) is 10.5 Å². The minimum Gasteiger partial charge on any atom is -0.456 e. The molecule has 1 saturated heterocycles. The van der Waals surface area contributed by atoms with Crippen LogP contribution in [0.2, 0.25) is 10.0 Å². The van der Waals surface area contributed by atoms with Crippen LogP contribution in [0.15, 0.2) is 72.8 Å². The van der Waals surface area contributed by atoms with Crippen LogP contribution in [0, 0.1) is 11.8 Å². The smallest absolute Gasteiger partial charge is 0.237 e. The van der Waals surface area contributed by atoms with Gasteiger partial charge in [0.2, 0.25) is 11.8 Å². The summed E-state index contributed by atoms with van der Waals surface area (Å²) < 4.78 is 5.81. The van der Waals surface area contributed by atoms with Gasteiger partial charge >= 0.3 is 0 Å². The lowest BCUT2D eigenvalue weighted by atomic mass is 9.73. The number of carbonyl (C=O) groups excluding carboxylic acids is 2. The van der Waals surface area contributed by atoms with Gasteiger partial charge in [-0.15, -0.1) is 0 Å². The van der Waals surface area contributed by atoms with Crippen LogP contribution in [0.3, 0.4) is 0 Å². The van der Waals surface area contributed by atoms with Crippen molar-refractivity contribution in [3.8, 4) is 11.5 Å². The van der Waals surface area contributed by atoms with E-state index in [-0.39, 0.29) is 23.7 Å². The fourth-order valence-corrected chi connectivity index (χ4v) is 5.26. The van der Waals surface area contributed by atoms with E-state index >= 15 is 0 Å². The molecule has 1 aliphatic carbocycles. The van der Waals surface area contributed by atoms with Gasteiger partial charge in [0.05, 0.1) is 22.5 Å². The van der Waals surface area contributed by atoms with Gasteiger partial charge < -0.3 is 4.74 Å². The number of fused-ring (bicyclic) bond motifs is 1. The molecule has 4 nitrogen and oxygen atoms in total. The summed E-state index contributed by atoms with van der Waals surface area (Å²) in [5, 5.41) is 0.934. The number of nitrogens with zero attached hydrogens (tertiary/aromatic N) is 1. The average molecular weight is 466 g/mol. The van der Waals surface area contributed by atoms with Gasteiger partial charge in [-0.25, -0.2) is 0 Å². The highest BCUT2D eigenvalue weighted by atomic mass is 35.5. The minimum atomic E-state index is -0.259. The van der Waals surface area contributed by atoms with E-state index in [1.54, 1.807) is 42.5 Å². The molecule has 0 aromatic heterocycles. The van der Waals surface area contributed by atoms with E-state index in [0.717, 1.165) is 12.8 Å². The van der Waals surface area contributed by atoms with E-state index in [0.29, 0.717) is 39.6 Å². The van der Waals surface area contributed by atoms with Crippen molar-refractivity contribution in [2.24, 2.45) is 11.8 Å². The molecule has 2 amide bonds. The molecule has 0 spiro atoms. The number of halogens is 2. The quantitative estimate of drug-likeness (QED) is 0.395. The van der Waals surface area contributed by atoms with Crippen LogP contribution in [-0.4, -0.2) is 11.8 Å². The summed E-state index contributed by atoms with van der Waals surface area (Å²) >= 11 is 12.1. The highest BCUT2D eigenvalue weighted by molar-refractivity contribution is 6.35. The van der Waals surface area contributed by atoms with Crippen LogP contribution in [0.1, 0.15) is 30.7 Å². The summed E-state index contributed by atoms with van der Waals surface area (Å²) in [6, 6.07) is 22.2. The van der Waals surface area contributed by atoms with Crippen molar-refractivity contribution in [3.05, 3.63) is 88.4 Å². The molecule has 6 heteroatoms. The summed E-state index contributed by atoms with van der Waals surface area (Å²) in [5.41, 5.74) is 1.81. The van der Waals surface area contributed by atoms with Crippen molar-refractivity contribution < 1.29 is 14.3 Å². The predicted octanol–water partition coefficient (Wildman–Crippen LogP) is 6.86. The van der Waals surface area contributed by atoms with E-state index in [9.17, 15) is 9.59 Å². The molecule has 162 valence electrons. The van der Waals surface area contributed by atoms with E-state index in [2.05, 4.69) is 12.1 Å². The number of carbonyl (C=O) groups is 2. The zero-order chi connectivity index (χ0) is 22.2. The lowest BCUT2D eigenvalue weighted by molar-refractivity contribution is -0.122. The number of rotatable bonds is 4.